The molecule has 0 aromatic carbocycles. The molecule has 1 fully saturated rings. The number of nitrogens with two attached hydrogens (primary N) is 1. The summed E-state index contributed by atoms with van der Waals surface area (Å²) in [5.74, 6) is 6.42. The van der Waals surface area contributed by atoms with Crippen LogP contribution >= 0.6 is 27.3 Å². The Bertz CT molecular complexity index is 307. The molecule has 1 atom stereocenters. The monoisotopic (exact) mass is 288 g/mol. The maximum absolute atomic E-state index is 5.65. The van der Waals surface area contributed by atoms with E-state index in [1.807, 2.05) is 11.3 Å². The third-order valence-electron chi connectivity index (χ3n) is 3.23. The standard InChI is InChI=1S/C11H17BrN2S/c12-11-6-5-9(15-11)7-10(14-13)8-3-1-2-4-8/h5-6,8,10,14H,1-4,7,13H2. The van der Waals surface area contributed by atoms with E-state index >= 15 is 0 Å². The smallest absolute Gasteiger partial charge is 0.0701 e. The van der Waals surface area contributed by atoms with Crippen molar-refractivity contribution in [2.75, 3.05) is 0 Å². The molecule has 4 heteroatoms. The highest BCUT2D eigenvalue weighted by molar-refractivity contribution is 9.11. The van der Waals surface area contributed by atoms with Crippen LogP contribution in [-0.2, 0) is 6.42 Å². The van der Waals surface area contributed by atoms with E-state index in [4.69, 9.17) is 5.84 Å². The van der Waals surface area contributed by atoms with Crippen LogP contribution in [0.1, 0.15) is 30.6 Å². The minimum absolute atomic E-state index is 0.457. The van der Waals surface area contributed by atoms with Gasteiger partial charge in [0, 0.05) is 10.9 Å². The first kappa shape index (κ1) is 11.6. The first-order chi connectivity index (χ1) is 7.29. The quantitative estimate of drug-likeness (QED) is 0.660. The van der Waals surface area contributed by atoms with Gasteiger partial charge in [0.25, 0.3) is 0 Å². The topological polar surface area (TPSA) is 38.0 Å². The third-order valence-corrected chi connectivity index (χ3v) is 4.88. The first-order valence-electron chi connectivity index (χ1n) is 5.50. The van der Waals surface area contributed by atoms with Gasteiger partial charge in [-0.05, 0) is 53.2 Å². The van der Waals surface area contributed by atoms with E-state index in [1.165, 1.54) is 34.3 Å². The molecule has 0 spiro atoms. The maximum atomic E-state index is 5.65. The van der Waals surface area contributed by atoms with E-state index in [0.29, 0.717) is 6.04 Å². The number of thiophene rings is 1. The van der Waals surface area contributed by atoms with Gasteiger partial charge in [-0.3, -0.25) is 11.3 Å². The Morgan fingerprint density at radius 1 is 1.47 bits per heavy atom. The summed E-state index contributed by atoms with van der Waals surface area (Å²) in [6.07, 6.45) is 6.48. The Morgan fingerprint density at radius 2 is 2.20 bits per heavy atom. The minimum atomic E-state index is 0.457. The van der Waals surface area contributed by atoms with Crippen molar-refractivity contribution in [3.05, 3.63) is 20.8 Å². The zero-order valence-corrected chi connectivity index (χ0v) is 11.1. The highest BCUT2D eigenvalue weighted by atomic mass is 79.9. The molecule has 1 aliphatic carbocycles. The van der Waals surface area contributed by atoms with Crippen molar-refractivity contribution in [3.63, 3.8) is 0 Å². The summed E-state index contributed by atoms with van der Waals surface area (Å²) in [4.78, 5) is 1.41. The number of hydrogen-bond donors (Lipinski definition) is 2. The van der Waals surface area contributed by atoms with Crippen LogP contribution in [0.5, 0.6) is 0 Å². The molecule has 0 aliphatic heterocycles. The van der Waals surface area contributed by atoms with E-state index in [-0.39, 0.29) is 0 Å². The van der Waals surface area contributed by atoms with E-state index in [2.05, 4.69) is 33.5 Å². The molecular weight excluding hydrogens is 272 g/mol. The predicted octanol–water partition coefficient (Wildman–Crippen LogP) is 3.08. The minimum Gasteiger partial charge on any atom is -0.271 e. The Balaban J connectivity index is 1.95. The molecule has 3 N–H and O–H groups in total. The summed E-state index contributed by atoms with van der Waals surface area (Å²) in [5, 5.41) is 0. The van der Waals surface area contributed by atoms with Crippen molar-refractivity contribution in [1.29, 1.82) is 0 Å². The number of nitrogens with one attached hydrogen (secondary N) is 1. The van der Waals surface area contributed by atoms with Crippen LogP contribution in [0.15, 0.2) is 15.9 Å². The van der Waals surface area contributed by atoms with Gasteiger partial charge >= 0.3 is 0 Å². The second-order valence-electron chi connectivity index (χ2n) is 4.23. The predicted molar refractivity (Wildman–Crippen MR) is 68.8 cm³/mol. The molecule has 1 aromatic rings. The van der Waals surface area contributed by atoms with Gasteiger partial charge in [-0.1, -0.05) is 12.8 Å². The molecular formula is C11H17BrN2S. The van der Waals surface area contributed by atoms with Gasteiger partial charge in [-0.15, -0.1) is 11.3 Å². The van der Waals surface area contributed by atoms with Crippen LogP contribution in [0.4, 0.5) is 0 Å². The molecule has 0 amide bonds. The summed E-state index contributed by atoms with van der Waals surface area (Å²) in [6.45, 7) is 0. The Morgan fingerprint density at radius 3 is 2.73 bits per heavy atom. The van der Waals surface area contributed by atoms with E-state index in [9.17, 15) is 0 Å². The van der Waals surface area contributed by atoms with Crippen molar-refractivity contribution in [2.24, 2.45) is 11.8 Å². The van der Waals surface area contributed by atoms with Gasteiger partial charge in [0.15, 0.2) is 0 Å². The molecule has 1 aromatic heterocycles. The lowest BCUT2D eigenvalue weighted by Gasteiger charge is -2.21. The lowest BCUT2D eigenvalue weighted by Crippen LogP contribution is -2.41. The van der Waals surface area contributed by atoms with Gasteiger partial charge in [0.05, 0.1) is 3.79 Å². The molecule has 0 radical (unpaired) electrons. The van der Waals surface area contributed by atoms with Crippen molar-refractivity contribution in [1.82, 2.24) is 5.43 Å². The average Bonchev–Trinajstić information content (AvgIpc) is 2.85. The SMILES string of the molecule is NNC(Cc1ccc(Br)s1)C1CCCC1. The zero-order chi connectivity index (χ0) is 10.7. The van der Waals surface area contributed by atoms with Gasteiger partial charge in [0.1, 0.15) is 0 Å². The van der Waals surface area contributed by atoms with Gasteiger partial charge in [-0.2, -0.15) is 0 Å². The molecule has 15 heavy (non-hydrogen) atoms. The summed E-state index contributed by atoms with van der Waals surface area (Å²) in [5.41, 5.74) is 2.99. The van der Waals surface area contributed by atoms with Crippen LogP contribution in [0.25, 0.3) is 0 Å². The van der Waals surface area contributed by atoms with Crippen LogP contribution in [0.3, 0.4) is 0 Å². The largest absolute Gasteiger partial charge is 0.271 e. The molecule has 1 saturated carbocycles. The molecule has 1 heterocycles. The lowest BCUT2D eigenvalue weighted by atomic mass is 9.95. The zero-order valence-electron chi connectivity index (χ0n) is 8.71. The van der Waals surface area contributed by atoms with Crippen molar-refractivity contribution < 1.29 is 0 Å². The Hall–Kier alpha value is 0.1000. The van der Waals surface area contributed by atoms with Crippen LogP contribution < -0.4 is 11.3 Å². The number of hydrogen-bond acceptors (Lipinski definition) is 3. The molecule has 2 rings (SSSR count). The molecule has 0 bridgehead atoms. The molecule has 2 nitrogen and oxygen atoms in total. The van der Waals surface area contributed by atoms with Crippen LogP contribution in [0, 0.1) is 5.92 Å². The second kappa shape index (κ2) is 5.43. The normalized spacial score (nSPS) is 19.6. The Labute approximate surface area is 103 Å². The highest BCUT2D eigenvalue weighted by Crippen LogP contribution is 2.31. The van der Waals surface area contributed by atoms with Crippen molar-refractivity contribution in [3.8, 4) is 0 Å². The van der Waals surface area contributed by atoms with Gasteiger partial charge in [0.2, 0.25) is 0 Å². The third kappa shape index (κ3) is 3.03. The number of hydrazine groups is 1. The fraction of sp³-hybridized carbons (Fsp3) is 0.636. The van der Waals surface area contributed by atoms with Crippen molar-refractivity contribution >= 4 is 27.3 Å². The second-order valence-corrected chi connectivity index (χ2v) is 6.78. The number of rotatable bonds is 4. The van der Waals surface area contributed by atoms with E-state index in [1.54, 1.807) is 0 Å². The van der Waals surface area contributed by atoms with E-state index in [0.717, 1.165) is 12.3 Å². The van der Waals surface area contributed by atoms with Gasteiger partial charge < -0.3 is 0 Å². The fourth-order valence-corrected chi connectivity index (χ4v) is 3.94. The molecule has 84 valence electrons. The summed E-state index contributed by atoms with van der Waals surface area (Å²) in [7, 11) is 0. The van der Waals surface area contributed by atoms with Gasteiger partial charge in [-0.25, -0.2) is 0 Å². The van der Waals surface area contributed by atoms with Crippen molar-refractivity contribution in [2.45, 2.75) is 38.1 Å². The lowest BCUT2D eigenvalue weighted by molar-refractivity contribution is 0.363. The molecule has 0 saturated heterocycles. The average molecular weight is 289 g/mol. The summed E-state index contributed by atoms with van der Waals surface area (Å²) in [6, 6.07) is 4.76. The number of halogens is 1. The molecule has 1 unspecified atom stereocenters. The fourth-order valence-electron chi connectivity index (χ4n) is 2.40. The molecule has 1 aliphatic rings. The van der Waals surface area contributed by atoms with Crippen LogP contribution in [0.2, 0.25) is 0 Å². The maximum Gasteiger partial charge on any atom is 0.0701 e. The Kier molecular flexibility index (Phi) is 4.20. The summed E-state index contributed by atoms with van der Waals surface area (Å²) >= 11 is 5.31. The first-order valence-corrected chi connectivity index (χ1v) is 7.11. The summed E-state index contributed by atoms with van der Waals surface area (Å²) < 4.78 is 1.21. The van der Waals surface area contributed by atoms with E-state index < -0.39 is 0 Å². The van der Waals surface area contributed by atoms with Crippen LogP contribution in [-0.4, -0.2) is 6.04 Å². The highest BCUT2D eigenvalue weighted by Gasteiger charge is 2.24.